The molecule has 1 aliphatic carbocycles. The van der Waals surface area contributed by atoms with Crippen molar-refractivity contribution in [2.45, 2.75) is 25.7 Å². The first-order valence-electron chi connectivity index (χ1n) is 5.45. The lowest BCUT2D eigenvalue weighted by molar-refractivity contribution is -0.124. The molecule has 5 nitrogen and oxygen atoms in total. The van der Waals surface area contributed by atoms with E-state index in [1.807, 2.05) is 0 Å². The lowest BCUT2D eigenvalue weighted by Gasteiger charge is -2.07. The van der Waals surface area contributed by atoms with Crippen LogP contribution in [-0.2, 0) is 11.2 Å². The second-order valence-electron chi connectivity index (χ2n) is 4.09. The summed E-state index contributed by atoms with van der Waals surface area (Å²) >= 11 is 0. The summed E-state index contributed by atoms with van der Waals surface area (Å²) in [5, 5.41) is 11.6. The monoisotopic (exact) mass is 218 g/mol. The van der Waals surface area contributed by atoms with E-state index in [0.29, 0.717) is 19.4 Å². The van der Waals surface area contributed by atoms with Gasteiger partial charge in [-0.3, -0.25) is 4.79 Å². The van der Waals surface area contributed by atoms with E-state index in [9.17, 15) is 4.79 Å². The van der Waals surface area contributed by atoms with Crippen LogP contribution in [0, 0.1) is 16.7 Å². The zero-order chi connectivity index (χ0) is 11.4. The minimum absolute atomic E-state index is 0.116. The summed E-state index contributed by atoms with van der Waals surface area (Å²) in [6.07, 6.45) is 6.54. The van der Waals surface area contributed by atoms with Crippen LogP contribution in [0.25, 0.3) is 0 Å². The molecule has 0 saturated heterocycles. The molecular formula is C11H14N4O. The molecule has 0 bridgehead atoms. The molecule has 1 aromatic heterocycles. The maximum atomic E-state index is 11.6. The van der Waals surface area contributed by atoms with Crippen LogP contribution < -0.4 is 5.32 Å². The number of aromatic amines is 1. The molecule has 1 aliphatic rings. The Balaban J connectivity index is 1.66. The number of carbonyl (C=O) groups excluding carboxylic acids is 1. The molecule has 0 unspecified atom stereocenters. The molecular weight excluding hydrogens is 204 g/mol. The predicted octanol–water partition coefficient (Wildman–Crippen LogP) is 0.762. The van der Waals surface area contributed by atoms with E-state index in [1.54, 1.807) is 12.4 Å². The van der Waals surface area contributed by atoms with Crippen molar-refractivity contribution in [1.29, 1.82) is 5.26 Å². The molecule has 0 aliphatic heterocycles. The minimum atomic E-state index is -0.704. The molecule has 1 aromatic rings. The fraction of sp³-hybridized carbons (Fsp3) is 0.545. The van der Waals surface area contributed by atoms with Crippen LogP contribution >= 0.6 is 0 Å². The highest BCUT2D eigenvalue weighted by molar-refractivity contribution is 5.88. The van der Waals surface area contributed by atoms with Crippen molar-refractivity contribution in [3.05, 3.63) is 18.2 Å². The van der Waals surface area contributed by atoms with Crippen molar-refractivity contribution in [2.24, 2.45) is 5.41 Å². The summed E-state index contributed by atoms with van der Waals surface area (Å²) in [5.41, 5.74) is -0.704. The molecule has 1 fully saturated rings. The zero-order valence-corrected chi connectivity index (χ0v) is 8.99. The smallest absolute Gasteiger partial charge is 0.240 e. The van der Waals surface area contributed by atoms with Gasteiger partial charge in [0.25, 0.3) is 0 Å². The van der Waals surface area contributed by atoms with E-state index < -0.39 is 5.41 Å². The van der Waals surface area contributed by atoms with Gasteiger partial charge in [-0.05, 0) is 19.3 Å². The van der Waals surface area contributed by atoms with Gasteiger partial charge >= 0.3 is 0 Å². The van der Waals surface area contributed by atoms with Crippen molar-refractivity contribution in [3.63, 3.8) is 0 Å². The fourth-order valence-electron chi connectivity index (χ4n) is 1.58. The number of nitrogens with one attached hydrogen (secondary N) is 2. The Morgan fingerprint density at radius 2 is 2.50 bits per heavy atom. The van der Waals surface area contributed by atoms with Crippen LogP contribution in [0.4, 0.5) is 0 Å². The van der Waals surface area contributed by atoms with Gasteiger partial charge in [0, 0.05) is 25.4 Å². The Hall–Kier alpha value is -1.83. The first-order valence-corrected chi connectivity index (χ1v) is 5.45. The zero-order valence-electron chi connectivity index (χ0n) is 8.99. The molecule has 0 radical (unpaired) electrons. The molecule has 1 amide bonds. The van der Waals surface area contributed by atoms with Crippen molar-refractivity contribution in [3.8, 4) is 6.07 Å². The SMILES string of the molecule is N#CC1(C(=O)NCCCc2ncc[nH]2)CC1. The molecule has 0 spiro atoms. The number of nitrogens with zero attached hydrogens (tertiary/aromatic N) is 2. The summed E-state index contributed by atoms with van der Waals surface area (Å²) in [7, 11) is 0. The van der Waals surface area contributed by atoms with Crippen LogP contribution in [-0.4, -0.2) is 22.4 Å². The Bertz CT molecular complexity index is 400. The number of nitriles is 1. The maximum absolute atomic E-state index is 11.6. The molecule has 5 heteroatoms. The number of hydrogen-bond donors (Lipinski definition) is 2. The quantitative estimate of drug-likeness (QED) is 0.716. The van der Waals surface area contributed by atoms with E-state index in [-0.39, 0.29) is 5.91 Å². The number of hydrogen-bond acceptors (Lipinski definition) is 3. The van der Waals surface area contributed by atoms with Crippen LogP contribution in [0.15, 0.2) is 12.4 Å². The number of aromatic nitrogens is 2. The Labute approximate surface area is 93.9 Å². The van der Waals surface area contributed by atoms with Gasteiger partial charge in [-0.2, -0.15) is 5.26 Å². The van der Waals surface area contributed by atoms with E-state index in [1.165, 1.54) is 0 Å². The lowest BCUT2D eigenvalue weighted by Crippen LogP contribution is -2.32. The standard InChI is InChI=1S/C11H14N4O/c12-8-11(3-4-11)10(16)15-5-1-2-9-13-6-7-14-9/h6-7H,1-5H2,(H,13,14)(H,15,16). The summed E-state index contributed by atoms with van der Waals surface area (Å²) in [5.74, 6) is 0.810. The molecule has 0 atom stereocenters. The normalized spacial score (nSPS) is 16.4. The first-order chi connectivity index (χ1) is 7.77. The van der Waals surface area contributed by atoms with Crippen LogP contribution in [0.2, 0.25) is 0 Å². The summed E-state index contributed by atoms with van der Waals surface area (Å²) in [6.45, 7) is 0.600. The van der Waals surface area contributed by atoms with Crippen molar-refractivity contribution in [2.75, 3.05) is 6.54 Å². The van der Waals surface area contributed by atoms with Gasteiger partial charge in [0.2, 0.25) is 5.91 Å². The lowest BCUT2D eigenvalue weighted by atomic mass is 10.1. The van der Waals surface area contributed by atoms with Crippen LogP contribution in [0.3, 0.4) is 0 Å². The third-order valence-corrected chi connectivity index (χ3v) is 2.83. The second kappa shape index (κ2) is 4.35. The third kappa shape index (κ3) is 2.22. The molecule has 84 valence electrons. The van der Waals surface area contributed by atoms with Gasteiger partial charge in [0.05, 0.1) is 6.07 Å². The largest absolute Gasteiger partial charge is 0.355 e. The Kier molecular flexibility index (Phi) is 2.91. The third-order valence-electron chi connectivity index (χ3n) is 2.83. The molecule has 2 N–H and O–H groups in total. The van der Waals surface area contributed by atoms with Gasteiger partial charge in [0.1, 0.15) is 11.2 Å². The average Bonchev–Trinajstić information content (AvgIpc) is 2.94. The number of carbonyl (C=O) groups is 1. The molecule has 16 heavy (non-hydrogen) atoms. The number of rotatable bonds is 5. The summed E-state index contributed by atoms with van der Waals surface area (Å²) < 4.78 is 0. The molecule has 0 aromatic carbocycles. The van der Waals surface area contributed by atoms with Gasteiger partial charge in [-0.1, -0.05) is 0 Å². The summed E-state index contributed by atoms with van der Waals surface area (Å²) in [4.78, 5) is 18.7. The number of imidazole rings is 1. The molecule has 1 heterocycles. The number of aryl methyl sites for hydroxylation is 1. The average molecular weight is 218 g/mol. The highest BCUT2D eigenvalue weighted by atomic mass is 16.2. The van der Waals surface area contributed by atoms with E-state index in [0.717, 1.165) is 18.7 Å². The van der Waals surface area contributed by atoms with Gasteiger partial charge in [-0.25, -0.2) is 4.98 Å². The van der Waals surface area contributed by atoms with Gasteiger partial charge in [-0.15, -0.1) is 0 Å². The fourth-order valence-corrected chi connectivity index (χ4v) is 1.58. The topological polar surface area (TPSA) is 81.6 Å². The van der Waals surface area contributed by atoms with Crippen molar-refractivity contribution >= 4 is 5.91 Å². The molecule has 2 rings (SSSR count). The summed E-state index contributed by atoms with van der Waals surface area (Å²) in [6, 6.07) is 2.08. The highest BCUT2D eigenvalue weighted by Gasteiger charge is 2.50. The predicted molar refractivity (Wildman–Crippen MR) is 57.2 cm³/mol. The van der Waals surface area contributed by atoms with Crippen molar-refractivity contribution < 1.29 is 4.79 Å². The number of H-pyrrole nitrogens is 1. The number of amides is 1. The van der Waals surface area contributed by atoms with Gasteiger partial charge < -0.3 is 10.3 Å². The minimum Gasteiger partial charge on any atom is -0.355 e. The van der Waals surface area contributed by atoms with Crippen LogP contribution in [0.1, 0.15) is 25.1 Å². The molecule has 1 saturated carbocycles. The highest BCUT2D eigenvalue weighted by Crippen LogP contribution is 2.44. The van der Waals surface area contributed by atoms with E-state index in [4.69, 9.17) is 5.26 Å². The van der Waals surface area contributed by atoms with Crippen LogP contribution in [0.5, 0.6) is 0 Å². The first kappa shape index (κ1) is 10.7. The Morgan fingerprint density at radius 3 is 3.06 bits per heavy atom. The van der Waals surface area contributed by atoms with Gasteiger partial charge in [0.15, 0.2) is 0 Å². The van der Waals surface area contributed by atoms with E-state index in [2.05, 4.69) is 21.4 Å². The van der Waals surface area contributed by atoms with Crippen molar-refractivity contribution in [1.82, 2.24) is 15.3 Å². The maximum Gasteiger partial charge on any atom is 0.240 e. The second-order valence-corrected chi connectivity index (χ2v) is 4.09. The van der Waals surface area contributed by atoms with E-state index >= 15 is 0 Å². The Morgan fingerprint density at radius 1 is 1.69 bits per heavy atom.